The van der Waals surface area contributed by atoms with Gasteiger partial charge >= 0.3 is 0 Å². The molecule has 0 aliphatic carbocycles. The van der Waals surface area contributed by atoms with E-state index < -0.39 is 0 Å². The van der Waals surface area contributed by atoms with Gasteiger partial charge in [-0.1, -0.05) is 18.2 Å². The number of imidazole rings is 1. The van der Waals surface area contributed by atoms with E-state index in [-0.39, 0.29) is 0 Å². The number of aryl methyl sites for hydroxylation is 1. The Hall–Kier alpha value is -2.10. The molecule has 4 heteroatoms. The normalized spacial score (nSPS) is 11.3. The number of pyridine rings is 1. The van der Waals surface area contributed by atoms with Crippen molar-refractivity contribution in [3.05, 3.63) is 30.5 Å². The number of hydrogen-bond acceptors (Lipinski definition) is 3. The summed E-state index contributed by atoms with van der Waals surface area (Å²) in [6.07, 6.45) is 1.78. The van der Waals surface area contributed by atoms with E-state index in [0.29, 0.717) is 5.95 Å². The maximum Gasteiger partial charge on any atom is 0.201 e. The summed E-state index contributed by atoms with van der Waals surface area (Å²) in [7, 11) is 0. The molecule has 80 valence electrons. The SMILES string of the molecule is CCn1c(N)nc2cnc3ccccc3c21. The second-order valence-electron chi connectivity index (χ2n) is 3.72. The molecule has 2 heterocycles. The van der Waals surface area contributed by atoms with Gasteiger partial charge < -0.3 is 10.3 Å². The van der Waals surface area contributed by atoms with Gasteiger partial charge in [-0.2, -0.15) is 0 Å². The highest BCUT2D eigenvalue weighted by Gasteiger charge is 2.10. The van der Waals surface area contributed by atoms with Crippen LogP contribution in [0.1, 0.15) is 6.92 Å². The molecule has 0 unspecified atom stereocenters. The van der Waals surface area contributed by atoms with Crippen LogP contribution >= 0.6 is 0 Å². The summed E-state index contributed by atoms with van der Waals surface area (Å²) in [5, 5.41) is 1.10. The molecule has 3 rings (SSSR count). The lowest BCUT2D eigenvalue weighted by molar-refractivity contribution is 0.802. The molecule has 0 saturated carbocycles. The summed E-state index contributed by atoms with van der Waals surface area (Å²) in [5.41, 5.74) is 8.79. The molecule has 0 saturated heterocycles. The van der Waals surface area contributed by atoms with Crippen molar-refractivity contribution in [1.29, 1.82) is 0 Å². The fraction of sp³-hybridized carbons (Fsp3) is 0.167. The van der Waals surface area contributed by atoms with E-state index in [0.717, 1.165) is 28.5 Å². The molecule has 0 atom stereocenters. The predicted molar refractivity (Wildman–Crippen MR) is 65.1 cm³/mol. The first-order valence-corrected chi connectivity index (χ1v) is 5.30. The van der Waals surface area contributed by atoms with Crippen molar-refractivity contribution in [2.45, 2.75) is 13.5 Å². The lowest BCUT2D eigenvalue weighted by Crippen LogP contribution is -2.00. The highest BCUT2D eigenvalue weighted by Crippen LogP contribution is 2.25. The van der Waals surface area contributed by atoms with Gasteiger partial charge in [-0.05, 0) is 13.0 Å². The number of benzene rings is 1. The van der Waals surface area contributed by atoms with Gasteiger partial charge in [0, 0.05) is 11.9 Å². The molecule has 4 nitrogen and oxygen atoms in total. The Labute approximate surface area is 92.7 Å². The number of fused-ring (bicyclic) bond motifs is 3. The highest BCUT2D eigenvalue weighted by molar-refractivity contribution is 6.02. The fourth-order valence-corrected chi connectivity index (χ4v) is 2.10. The Morgan fingerprint density at radius 2 is 2.06 bits per heavy atom. The van der Waals surface area contributed by atoms with Gasteiger partial charge in [0.05, 0.1) is 17.2 Å². The van der Waals surface area contributed by atoms with E-state index in [1.54, 1.807) is 6.20 Å². The number of rotatable bonds is 1. The van der Waals surface area contributed by atoms with E-state index in [2.05, 4.69) is 23.0 Å². The molecule has 0 aliphatic rings. The summed E-state index contributed by atoms with van der Waals surface area (Å²) in [6.45, 7) is 2.88. The van der Waals surface area contributed by atoms with Crippen LogP contribution in [-0.4, -0.2) is 14.5 Å². The molecule has 1 aromatic carbocycles. The third kappa shape index (κ3) is 1.10. The first-order chi connectivity index (χ1) is 7.81. The molecule has 0 bridgehead atoms. The summed E-state index contributed by atoms with van der Waals surface area (Å²) < 4.78 is 2.01. The minimum absolute atomic E-state index is 0.552. The van der Waals surface area contributed by atoms with Gasteiger partial charge in [0.25, 0.3) is 0 Å². The van der Waals surface area contributed by atoms with E-state index in [9.17, 15) is 0 Å². The van der Waals surface area contributed by atoms with Crippen LogP contribution in [0.25, 0.3) is 21.9 Å². The Bertz CT molecular complexity index is 669. The molecule has 0 fully saturated rings. The second kappa shape index (κ2) is 3.20. The number of para-hydroxylation sites is 1. The zero-order valence-corrected chi connectivity index (χ0v) is 9.01. The Morgan fingerprint density at radius 3 is 2.88 bits per heavy atom. The number of anilines is 1. The molecule has 0 spiro atoms. The van der Waals surface area contributed by atoms with Crippen LogP contribution in [0.5, 0.6) is 0 Å². The van der Waals surface area contributed by atoms with Gasteiger partial charge in [-0.3, -0.25) is 4.98 Å². The number of aromatic nitrogens is 3. The monoisotopic (exact) mass is 212 g/mol. The van der Waals surface area contributed by atoms with Crippen molar-refractivity contribution in [2.75, 3.05) is 5.73 Å². The van der Waals surface area contributed by atoms with Gasteiger partial charge in [0.15, 0.2) is 0 Å². The Kier molecular flexibility index (Phi) is 1.83. The summed E-state index contributed by atoms with van der Waals surface area (Å²) in [4.78, 5) is 8.68. The largest absolute Gasteiger partial charge is 0.369 e. The first kappa shape index (κ1) is 9.15. The number of hydrogen-bond donors (Lipinski definition) is 1. The molecule has 0 radical (unpaired) electrons. The molecule has 3 aromatic rings. The molecular weight excluding hydrogens is 200 g/mol. The third-order valence-electron chi connectivity index (χ3n) is 2.83. The Morgan fingerprint density at radius 1 is 1.25 bits per heavy atom. The van der Waals surface area contributed by atoms with Crippen molar-refractivity contribution in [3.8, 4) is 0 Å². The smallest absolute Gasteiger partial charge is 0.201 e. The number of nitrogens with zero attached hydrogens (tertiary/aromatic N) is 3. The average Bonchev–Trinajstić information content (AvgIpc) is 2.65. The average molecular weight is 212 g/mol. The second-order valence-corrected chi connectivity index (χ2v) is 3.72. The third-order valence-corrected chi connectivity index (χ3v) is 2.83. The van der Waals surface area contributed by atoms with E-state index in [4.69, 9.17) is 5.73 Å². The van der Waals surface area contributed by atoms with Crippen molar-refractivity contribution in [1.82, 2.24) is 14.5 Å². The molecular formula is C12H12N4. The fourth-order valence-electron chi connectivity index (χ4n) is 2.10. The Balaban J connectivity index is 2.57. The van der Waals surface area contributed by atoms with Crippen molar-refractivity contribution in [2.24, 2.45) is 0 Å². The van der Waals surface area contributed by atoms with E-state index in [1.165, 1.54) is 0 Å². The summed E-state index contributed by atoms with van der Waals surface area (Å²) in [6, 6.07) is 8.04. The zero-order chi connectivity index (χ0) is 11.1. The maximum atomic E-state index is 5.88. The summed E-state index contributed by atoms with van der Waals surface area (Å²) in [5.74, 6) is 0.552. The van der Waals surface area contributed by atoms with Crippen LogP contribution < -0.4 is 5.73 Å². The minimum atomic E-state index is 0.552. The van der Waals surface area contributed by atoms with Crippen molar-refractivity contribution < 1.29 is 0 Å². The molecule has 2 N–H and O–H groups in total. The molecule has 16 heavy (non-hydrogen) atoms. The van der Waals surface area contributed by atoms with Crippen LogP contribution in [-0.2, 0) is 6.54 Å². The lowest BCUT2D eigenvalue weighted by atomic mass is 10.2. The van der Waals surface area contributed by atoms with Crippen LogP contribution in [0.3, 0.4) is 0 Å². The topological polar surface area (TPSA) is 56.7 Å². The van der Waals surface area contributed by atoms with Crippen LogP contribution in [0.2, 0.25) is 0 Å². The van der Waals surface area contributed by atoms with Crippen molar-refractivity contribution in [3.63, 3.8) is 0 Å². The first-order valence-electron chi connectivity index (χ1n) is 5.30. The van der Waals surface area contributed by atoms with Gasteiger partial charge in [0.2, 0.25) is 5.95 Å². The standard InChI is InChI=1S/C12H12N4/c1-2-16-11-8-5-3-4-6-9(8)14-7-10(11)15-12(16)13/h3-7H,2H2,1H3,(H2,13,15). The maximum absolute atomic E-state index is 5.88. The molecule has 0 amide bonds. The van der Waals surface area contributed by atoms with Crippen LogP contribution in [0, 0.1) is 0 Å². The lowest BCUT2D eigenvalue weighted by Gasteiger charge is -2.04. The molecule has 2 aromatic heterocycles. The minimum Gasteiger partial charge on any atom is -0.369 e. The molecule has 0 aliphatic heterocycles. The van der Waals surface area contributed by atoms with E-state index >= 15 is 0 Å². The highest BCUT2D eigenvalue weighted by atomic mass is 15.1. The quantitative estimate of drug-likeness (QED) is 0.672. The van der Waals surface area contributed by atoms with Crippen LogP contribution in [0.15, 0.2) is 30.5 Å². The number of nitrogens with two attached hydrogens (primary N) is 1. The van der Waals surface area contributed by atoms with Gasteiger partial charge in [0.1, 0.15) is 5.52 Å². The zero-order valence-electron chi connectivity index (χ0n) is 9.01. The number of nitrogen functional groups attached to an aromatic ring is 1. The van der Waals surface area contributed by atoms with Gasteiger partial charge in [-0.25, -0.2) is 4.98 Å². The van der Waals surface area contributed by atoms with E-state index in [1.807, 2.05) is 22.8 Å². The van der Waals surface area contributed by atoms with Crippen LogP contribution in [0.4, 0.5) is 5.95 Å². The predicted octanol–water partition coefficient (Wildman–Crippen LogP) is 2.19. The summed E-state index contributed by atoms with van der Waals surface area (Å²) >= 11 is 0. The van der Waals surface area contributed by atoms with Crippen molar-refractivity contribution >= 4 is 27.9 Å². The van der Waals surface area contributed by atoms with Gasteiger partial charge in [-0.15, -0.1) is 0 Å².